The molecule has 1 aromatic carbocycles. The average molecular weight is 405 g/mol. The summed E-state index contributed by atoms with van der Waals surface area (Å²) in [4.78, 5) is 37.8. The smallest absolute Gasteiger partial charge is 0.328 e. The second-order valence-electron chi connectivity index (χ2n) is 7.59. The van der Waals surface area contributed by atoms with E-state index in [0.717, 1.165) is 37.2 Å². The van der Waals surface area contributed by atoms with Crippen LogP contribution >= 0.6 is 0 Å². The van der Waals surface area contributed by atoms with Crippen LogP contribution in [0.25, 0.3) is 0 Å². The van der Waals surface area contributed by atoms with Gasteiger partial charge in [0.15, 0.2) is 0 Å². The van der Waals surface area contributed by atoms with Crippen LogP contribution in [0.1, 0.15) is 22.3 Å². The second-order valence-corrected chi connectivity index (χ2v) is 7.59. The maximum absolute atomic E-state index is 12.6. The molecular formula is C21H31N3O5. The van der Waals surface area contributed by atoms with Crippen molar-refractivity contribution in [1.29, 1.82) is 0 Å². The molecule has 0 spiro atoms. The van der Waals surface area contributed by atoms with E-state index in [4.69, 9.17) is 10.2 Å². The highest BCUT2D eigenvalue weighted by atomic mass is 16.4. The monoisotopic (exact) mass is 405 g/mol. The summed E-state index contributed by atoms with van der Waals surface area (Å²) in [5.74, 6) is -1.83. The number of hydrogen-bond donors (Lipinski definition) is 2. The van der Waals surface area contributed by atoms with Gasteiger partial charge in [0.1, 0.15) is 0 Å². The Morgan fingerprint density at radius 2 is 1.72 bits per heavy atom. The Balaban J connectivity index is 0.000000447. The molecule has 8 heteroatoms. The van der Waals surface area contributed by atoms with Gasteiger partial charge < -0.3 is 24.9 Å². The summed E-state index contributed by atoms with van der Waals surface area (Å²) in [5, 5.41) is 15.6. The maximum Gasteiger partial charge on any atom is 0.328 e. The molecule has 1 atom stereocenters. The molecule has 2 rings (SSSR count). The van der Waals surface area contributed by atoms with Crippen LogP contribution in [0.3, 0.4) is 0 Å². The molecule has 1 amide bonds. The number of carbonyl (C=O) groups excluding carboxylic acids is 1. The molecule has 8 nitrogen and oxygen atoms in total. The van der Waals surface area contributed by atoms with Gasteiger partial charge in [0.2, 0.25) is 0 Å². The number of rotatable bonds is 6. The summed E-state index contributed by atoms with van der Waals surface area (Å²) in [6.45, 7) is 1.91. The van der Waals surface area contributed by atoms with Crippen molar-refractivity contribution in [2.24, 2.45) is 5.92 Å². The van der Waals surface area contributed by atoms with Crippen LogP contribution in [-0.2, 0) is 16.0 Å². The van der Waals surface area contributed by atoms with Gasteiger partial charge in [-0.25, -0.2) is 9.59 Å². The van der Waals surface area contributed by atoms with Crippen molar-refractivity contribution in [3.8, 4) is 0 Å². The lowest BCUT2D eigenvalue weighted by Crippen LogP contribution is -2.31. The van der Waals surface area contributed by atoms with Crippen LogP contribution in [0.4, 0.5) is 5.69 Å². The van der Waals surface area contributed by atoms with E-state index < -0.39 is 11.9 Å². The first-order chi connectivity index (χ1) is 13.5. The first kappa shape index (κ1) is 24.2. The summed E-state index contributed by atoms with van der Waals surface area (Å²) >= 11 is 0. The number of aliphatic carboxylic acids is 2. The number of nitrogens with zero attached hydrogens (tertiary/aromatic N) is 3. The molecule has 1 heterocycles. The standard InChI is InChI=1S/C17H27N3O.C4H4O4/c1-18(2)9-8-13-10-14-6-7-15(19(3)4)11-16(14)17(21)20(5)12-13;5-3(6)1-2-4(7)8/h6-7,11,13H,8-10,12H2,1-5H3;1-2H,(H,5,6)(H,7,8)/b;2-1+. The third-order valence-electron chi connectivity index (χ3n) is 4.58. The predicted molar refractivity (Wildman–Crippen MR) is 113 cm³/mol. The largest absolute Gasteiger partial charge is 0.478 e. The van der Waals surface area contributed by atoms with Crippen molar-refractivity contribution in [2.45, 2.75) is 12.8 Å². The van der Waals surface area contributed by atoms with Crippen molar-refractivity contribution in [1.82, 2.24) is 9.80 Å². The van der Waals surface area contributed by atoms with Crippen LogP contribution in [0, 0.1) is 5.92 Å². The van der Waals surface area contributed by atoms with Gasteiger partial charge in [-0.2, -0.15) is 0 Å². The lowest BCUT2D eigenvalue weighted by molar-refractivity contribution is -0.134. The van der Waals surface area contributed by atoms with Gasteiger partial charge in [0.05, 0.1) is 0 Å². The Kier molecular flexibility index (Phi) is 9.34. The van der Waals surface area contributed by atoms with Crippen LogP contribution in [0.5, 0.6) is 0 Å². The van der Waals surface area contributed by atoms with Crippen LogP contribution in [-0.4, -0.2) is 86.2 Å². The first-order valence-corrected chi connectivity index (χ1v) is 9.35. The van der Waals surface area contributed by atoms with Crippen molar-refractivity contribution >= 4 is 23.5 Å². The van der Waals surface area contributed by atoms with E-state index >= 15 is 0 Å². The molecule has 1 aromatic rings. The normalized spacial score (nSPS) is 16.1. The lowest BCUT2D eigenvalue weighted by Gasteiger charge is -2.21. The topological polar surface area (TPSA) is 101 Å². The SMILES string of the molecule is CN(C)CCC1Cc2ccc(N(C)C)cc2C(=O)N(C)C1.O=C(O)/C=C/C(=O)O. The lowest BCUT2D eigenvalue weighted by atomic mass is 9.94. The summed E-state index contributed by atoms with van der Waals surface area (Å²) in [6, 6.07) is 6.27. The van der Waals surface area contributed by atoms with Gasteiger partial charge in [-0.15, -0.1) is 0 Å². The summed E-state index contributed by atoms with van der Waals surface area (Å²) in [7, 11) is 10.1. The highest BCUT2D eigenvalue weighted by Gasteiger charge is 2.25. The Morgan fingerprint density at radius 1 is 1.14 bits per heavy atom. The third kappa shape index (κ3) is 8.35. The third-order valence-corrected chi connectivity index (χ3v) is 4.58. The molecule has 0 bridgehead atoms. The van der Waals surface area contributed by atoms with E-state index in [9.17, 15) is 14.4 Å². The van der Waals surface area contributed by atoms with E-state index in [1.807, 2.05) is 37.0 Å². The van der Waals surface area contributed by atoms with E-state index in [1.165, 1.54) is 5.56 Å². The molecule has 1 aliphatic heterocycles. The number of carbonyl (C=O) groups is 3. The number of benzene rings is 1. The van der Waals surface area contributed by atoms with Crippen LogP contribution < -0.4 is 4.90 Å². The molecule has 1 unspecified atom stereocenters. The molecule has 160 valence electrons. The fourth-order valence-electron chi connectivity index (χ4n) is 3.05. The van der Waals surface area contributed by atoms with Gasteiger partial charge >= 0.3 is 11.9 Å². The van der Waals surface area contributed by atoms with Crippen molar-refractivity contribution in [2.75, 3.05) is 53.2 Å². The maximum atomic E-state index is 12.6. The predicted octanol–water partition coefficient (Wildman–Crippen LogP) is 1.66. The Labute approximate surface area is 172 Å². The Morgan fingerprint density at radius 3 is 2.21 bits per heavy atom. The second kappa shape index (κ2) is 11.2. The zero-order valence-electron chi connectivity index (χ0n) is 17.8. The number of amides is 1. The van der Waals surface area contributed by atoms with Crippen molar-refractivity contribution in [3.05, 3.63) is 41.5 Å². The number of fused-ring (bicyclic) bond motifs is 1. The van der Waals surface area contributed by atoms with Gasteiger partial charge in [-0.1, -0.05) is 6.07 Å². The molecule has 0 saturated heterocycles. The molecular weight excluding hydrogens is 374 g/mol. The zero-order valence-corrected chi connectivity index (χ0v) is 17.8. The molecule has 0 aliphatic carbocycles. The van der Waals surface area contributed by atoms with Gasteiger partial charge in [-0.3, -0.25) is 4.79 Å². The van der Waals surface area contributed by atoms with Crippen molar-refractivity contribution in [3.63, 3.8) is 0 Å². The van der Waals surface area contributed by atoms with Gasteiger partial charge in [-0.05, 0) is 57.1 Å². The van der Waals surface area contributed by atoms with E-state index in [0.29, 0.717) is 18.1 Å². The number of anilines is 1. The van der Waals surface area contributed by atoms with E-state index in [-0.39, 0.29) is 5.91 Å². The van der Waals surface area contributed by atoms with E-state index in [2.05, 4.69) is 31.1 Å². The molecule has 2 N–H and O–H groups in total. The average Bonchev–Trinajstić information content (AvgIpc) is 2.75. The molecule has 1 aliphatic rings. The minimum absolute atomic E-state index is 0.154. The van der Waals surface area contributed by atoms with Crippen LogP contribution in [0.15, 0.2) is 30.4 Å². The fraction of sp³-hybridized carbons (Fsp3) is 0.476. The summed E-state index contributed by atoms with van der Waals surface area (Å²) < 4.78 is 0. The molecule has 0 radical (unpaired) electrons. The van der Waals surface area contributed by atoms with Crippen molar-refractivity contribution < 1.29 is 24.6 Å². The first-order valence-electron chi connectivity index (χ1n) is 9.35. The minimum Gasteiger partial charge on any atom is -0.478 e. The zero-order chi connectivity index (χ0) is 22.1. The molecule has 29 heavy (non-hydrogen) atoms. The quantitative estimate of drug-likeness (QED) is 0.694. The molecule has 0 aromatic heterocycles. The number of carboxylic acid groups (broad SMARTS) is 2. The number of hydrogen-bond acceptors (Lipinski definition) is 5. The molecule has 0 fully saturated rings. The highest BCUT2D eigenvalue weighted by molar-refractivity contribution is 5.97. The minimum atomic E-state index is -1.26. The van der Waals surface area contributed by atoms with E-state index in [1.54, 1.807) is 0 Å². The highest BCUT2D eigenvalue weighted by Crippen LogP contribution is 2.26. The van der Waals surface area contributed by atoms with Gasteiger partial charge in [0, 0.05) is 51.1 Å². The number of carboxylic acids is 2. The Bertz CT molecular complexity index is 743. The fourth-order valence-corrected chi connectivity index (χ4v) is 3.05. The Hall–Kier alpha value is -2.87. The van der Waals surface area contributed by atoms with Crippen LogP contribution in [0.2, 0.25) is 0 Å². The molecule has 0 saturated carbocycles. The summed E-state index contributed by atoms with van der Waals surface area (Å²) in [6.07, 6.45) is 3.23. The summed E-state index contributed by atoms with van der Waals surface area (Å²) in [5.41, 5.74) is 3.15. The van der Waals surface area contributed by atoms with Gasteiger partial charge in [0.25, 0.3) is 5.91 Å².